The Hall–Kier alpha value is -1.00. The van der Waals surface area contributed by atoms with E-state index in [0.29, 0.717) is 12.5 Å². The molecule has 0 radical (unpaired) electrons. The number of hydrogen-bond donors (Lipinski definition) is 1. The molecule has 0 aromatic carbocycles. The predicted molar refractivity (Wildman–Crippen MR) is 59.3 cm³/mol. The third-order valence-corrected chi connectivity index (χ3v) is 3.16. The van der Waals surface area contributed by atoms with Crippen LogP contribution in [-0.2, 0) is 6.54 Å². The molecule has 0 spiro atoms. The van der Waals surface area contributed by atoms with Gasteiger partial charge in [0.25, 0.3) is 0 Å². The summed E-state index contributed by atoms with van der Waals surface area (Å²) in [6, 6.07) is 1.52. The van der Waals surface area contributed by atoms with E-state index in [9.17, 15) is 9.50 Å². The molecule has 88 valence electrons. The van der Waals surface area contributed by atoms with Crippen molar-refractivity contribution in [3.05, 3.63) is 29.8 Å². The van der Waals surface area contributed by atoms with E-state index in [1.54, 1.807) is 6.20 Å². The molecule has 0 aliphatic carbocycles. The van der Waals surface area contributed by atoms with Gasteiger partial charge in [0.1, 0.15) is 5.82 Å². The molecule has 2 heterocycles. The lowest BCUT2D eigenvalue weighted by atomic mass is 10.0. The first kappa shape index (κ1) is 11.5. The van der Waals surface area contributed by atoms with Crippen LogP contribution < -0.4 is 0 Å². The molecule has 1 fully saturated rings. The van der Waals surface area contributed by atoms with E-state index < -0.39 is 0 Å². The number of rotatable bonds is 3. The number of likely N-dealkylation sites (tertiary alicyclic amines) is 1. The van der Waals surface area contributed by atoms with Crippen LogP contribution in [0.2, 0.25) is 0 Å². The molecule has 1 aliphatic heterocycles. The predicted octanol–water partition coefficient (Wildman–Crippen LogP) is 1.42. The number of nitrogens with zero attached hydrogens (tertiary/aromatic N) is 2. The van der Waals surface area contributed by atoms with E-state index in [1.165, 1.54) is 12.3 Å². The molecular formula is C12H17FN2O. The third kappa shape index (κ3) is 2.77. The summed E-state index contributed by atoms with van der Waals surface area (Å²) < 4.78 is 12.9. The van der Waals surface area contributed by atoms with Gasteiger partial charge in [0, 0.05) is 19.3 Å². The van der Waals surface area contributed by atoms with Crippen LogP contribution >= 0.6 is 0 Å². The monoisotopic (exact) mass is 224 g/mol. The SMILES string of the molecule is CC(O)C1CCN(Cc2cncc(F)c2)C1. The lowest BCUT2D eigenvalue weighted by Crippen LogP contribution is -2.24. The van der Waals surface area contributed by atoms with Crippen molar-refractivity contribution in [2.45, 2.75) is 26.0 Å². The van der Waals surface area contributed by atoms with Gasteiger partial charge in [-0.05, 0) is 37.4 Å². The standard InChI is InChI=1S/C12H17FN2O/c1-9(16)11-2-3-15(8-11)7-10-4-12(13)6-14-5-10/h4-6,9,11,16H,2-3,7-8H2,1H3. The first-order valence-electron chi connectivity index (χ1n) is 5.65. The molecule has 1 aromatic heterocycles. The van der Waals surface area contributed by atoms with Gasteiger partial charge in [-0.3, -0.25) is 9.88 Å². The average molecular weight is 224 g/mol. The number of aliphatic hydroxyl groups excluding tert-OH is 1. The Morgan fingerprint density at radius 1 is 1.62 bits per heavy atom. The summed E-state index contributed by atoms with van der Waals surface area (Å²) >= 11 is 0. The van der Waals surface area contributed by atoms with Gasteiger partial charge in [-0.2, -0.15) is 0 Å². The zero-order valence-corrected chi connectivity index (χ0v) is 9.43. The van der Waals surface area contributed by atoms with Gasteiger partial charge < -0.3 is 5.11 Å². The first-order valence-corrected chi connectivity index (χ1v) is 5.65. The number of halogens is 1. The molecule has 0 saturated carbocycles. The van der Waals surface area contributed by atoms with Gasteiger partial charge >= 0.3 is 0 Å². The van der Waals surface area contributed by atoms with E-state index >= 15 is 0 Å². The van der Waals surface area contributed by atoms with E-state index in [0.717, 1.165) is 25.1 Å². The highest BCUT2D eigenvalue weighted by Crippen LogP contribution is 2.21. The molecule has 3 nitrogen and oxygen atoms in total. The van der Waals surface area contributed by atoms with Gasteiger partial charge in [0.15, 0.2) is 0 Å². The van der Waals surface area contributed by atoms with Crippen molar-refractivity contribution in [1.82, 2.24) is 9.88 Å². The van der Waals surface area contributed by atoms with E-state index in [1.807, 2.05) is 6.92 Å². The molecule has 1 saturated heterocycles. The lowest BCUT2D eigenvalue weighted by Gasteiger charge is -2.17. The summed E-state index contributed by atoms with van der Waals surface area (Å²) in [6.07, 6.45) is 3.67. The maximum atomic E-state index is 12.9. The van der Waals surface area contributed by atoms with Gasteiger partial charge in [-0.25, -0.2) is 4.39 Å². The van der Waals surface area contributed by atoms with Gasteiger partial charge in [0.05, 0.1) is 12.3 Å². The smallest absolute Gasteiger partial charge is 0.141 e. The van der Waals surface area contributed by atoms with Gasteiger partial charge in [-0.15, -0.1) is 0 Å². The Morgan fingerprint density at radius 3 is 3.06 bits per heavy atom. The minimum atomic E-state index is -0.288. The van der Waals surface area contributed by atoms with Crippen LogP contribution in [0.4, 0.5) is 4.39 Å². The highest BCUT2D eigenvalue weighted by Gasteiger charge is 2.25. The first-order chi connectivity index (χ1) is 7.65. The highest BCUT2D eigenvalue weighted by molar-refractivity contribution is 5.10. The Labute approximate surface area is 94.9 Å². The van der Waals surface area contributed by atoms with Crippen molar-refractivity contribution < 1.29 is 9.50 Å². The minimum absolute atomic E-state index is 0.254. The Morgan fingerprint density at radius 2 is 2.44 bits per heavy atom. The van der Waals surface area contributed by atoms with Crippen LogP contribution in [-0.4, -0.2) is 34.2 Å². The van der Waals surface area contributed by atoms with Crippen LogP contribution in [0, 0.1) is 11.7 Å². The Balaban J connectivity index is 1.92. The third-order valence-electron chi connectivity index (χ3n) is 3.16. The summed E-state index contributed by atoms with van der Waals surface area (Å²) in [5.41, 5.74) is 0.895. The Kier molecular flexibility index (Phi) is 3.51. The van der Waals surface area contributed by atoms with E-state index in [2.05, 4.69) is 9.88 Å². The molecule has 2 unspecified atom stereocenters. The van der Waals surface area contributed by atoms with Crippen LogP contribution in [0.1, 0.15) is 18.9 Å². The number of aliphatic hydroxyl groups is 1. The summed E-state index contributed by atoms with van der Waals surface area (Å²) in [6.45, 7) is 4.39. The number of pyridine rings is 1. The van der Waals surface area contributed by atoms with Crippen molar-refractivity contribution in [2.24, 2.45) is 5.92 Å². The quantitative estimate of drug-likeness (QED) is 0.843. The fourth-order valence-electron chi connectivity index (χ4n) is 2.20. The fourth-order valence-corrected chi connectivity index (χ4v) is 2.20. The Bertz CT molecular complexity index is 357. The van der Waals surface area contributed by atoms with Crippen molar-refractivity contribution in [3.63, 3.8) is 0 Å². The molecule has 1 aromatic rings. The van der Waals surface area contributed by atoms with E-state index in [-0.39, 0.29) is 11.9 Å². The summed E-state index contributed by atoms with van der Waals surface area (Å²) in [5.74, 6) is 0.0605. The van der Waals surface area contributed by atoms with Crippen molar-refractivity contribution in [2.75, 3.05) is 13.1 Å². The second-order valence-electron chi connectivity index (χ2n) is 4.54. The van der Waals surface area contributed by atoms with Crippen LogP contribution in [0.15, 0.2) is 18.5 Å². The van der Waals surface area contributed by atoms with Crippen molar-refractivity contribution >= 4 is 0 Å². The van der Waals surface area contributed by atoms with Crippen molar-refractivity contribution in [1.29, 1.82) is 0 Å². The maximum Gasteiger partial charge on any atom is 0.141 e. The normalized spacial score (nSPS) is 23.6. The molecule has 1 aliphatic rings. The number of hydrogen-bond acceptors (Lipinski definition) is 3. The molecule has 4 heteroatoms. The molecule has 1 N–H and O–H groups in total. The summed E-state index contributed by atoms with van der Waals surface area (Å²) in [4.78, 5) is 6.06. The average Bonchev–Trinajstić information content (AvgIpc) is 2.66. The van der Waals surface area contributed by atoms with Crippen molar-refractivity contribution in [3.8, 4) is 0 Å². The topological polar surface area (TPSA) is 36.4 Å². The largest absolute Gasteiger partial charge is 0.393 e. The van der Waals surface area contributed by atoms with Gasteiger partial charge in [-0.1, -0.05) is 0 Å². The summed E-state index contributed by atoms with van der Waals surface area (Å²) in [5, 5.41) is 9.48. The van der Waals surface area contributed by atoms with E-state index in [4.69, 9.17) is 0 Å². The second kappa shape index (κ2) is 4.89. The van der Waals surface area contributed by atoms with Crippen LogP contribution in [0.25, 0.3) is 0 Å². The highest BCUT2D eigenvalue weighted by atomic mass is 19.1. The zero-order valence-electron chi connectivity index (χ0n) is 9.43. The molecule has 0 bridgehead atoms. The summed E-state index contributed by atoms with van der Waals surface area (Å²) in [7, 11) is 0. The fraction of sp³-hybridized carbons (Fsp3) is 0.583. The van der Waals surface area contributed by atoms with Crippen LogP contribution in [0.5, 0.6) is 0 Å². The molecular weight excluding hydrogens is 207 g/mol. The lowest BCUT2D eigenvalue weighted by molar-refractivity contribution is 0.127. The van der Waals surface area contributed by atoms with Gasteiger partial charge in [0.2, 0.25) is 0 Å². The zero-order chi connectivity index (χ0) is 11.5. The molecule has 2 atom stereocenters. The van der Waals surface area contributed by atoms with Crippen LogP contribution in [0.3, 0.4) is 0 Å². The minimum Gasteiger partial charge on any atom is -0.393 e. The number of aromatic nitrogens is 1. The molecule has 2 rings (SSSR count). The maximum absolute atomic E-state index is 12.9. The second-order valence-corrected chi connectivity index (χ2v) is 4.54. The molecule has 0 amide bonds. The molecule has 16 heavy (non-hydrogen) atoms.